The summed E-state index contributed by atoms with van der Waals surface area (Å²) in [7, 11) is 0. The van der Waals surface area contributed by atoms with Gasteiger partial charge in [0.1, 0.15) is 11.6 Å². The smallest absolute Gasteiger partial charge is 0.306 e. The van der Waals surface area contributed by atoms with Gasteiger partial charge in [-0.15, -0.1) is 0 Å². The Hall–Kier alpha value is -2.11. The Bertz CT molecular complexity index is 986. The van der Waals surface area contributed by atoms with Crippen molar-refractivity contribution in [2.75, 3.05) is 0 Å². The van der Waals surface area contributed by atoms with Gasteiger partial charge < -0.3 is 5.11 Å². The van der Waals surface area contributed by atoms with Gasteiger partial charge in [0, 0.05) is 47.7 Å². The highest BCUT2D eigenvalue weighted by atomic mass is 16.4. The molecular weight excluding hydrogens is 396 g/mol. The molecule has 4 rings (SSSR count). The van der Waals surface area contributed by atoms with Gasteiger partial charge in [-0.05, 0) is 30.6 Å². The van der Waals surface area contributed by atoms with E-state index in [1.54, 1.807) is 13.8 Å². The van der Waals surface area contributed by atoms with Gasteiger partial charge in [-0.2, -0.15) is 0 Å². The minimum absolute atomic E-state index is 0.0559. The van der Waals surface area contributed by atoms with E-state index in [2.05, 4.69) is 0 Å². The fourth-order valence-corrected chi connectivity index (χ4v) is 7.71. The highest BCUT2D eigenvalue weighted by Gasteiger charge is 2.70. The lowest BCUT2D eigenvalue weighted by Crippen LogP contribution is -2.59. The molecule has 0 heterocycles. The molecule has 6 nitrogen and oxygen atoms in total. The van der Waals surface area contributed by atoms with Crippen molar-refractivity contribution in [1.29, 1.82) is 0 Å². The van der Waals surface area contributed by atoms with Gasteiger partial charge in [0.15, 0.2) is 11.6 Å². The molecule has 0 aromatic carbocycles. The number of aliphatic carboxylic acids is 1. The number of fused-ring (bicyclic) bond motifs is 4. The Morgan fingerprint density at radius 2 is 1.55 bits per heavy atom. The summed E-state index contributed by atoms with van der Waals surface area (Å²) in [6.45, 7) is 10.9. The molecule has 2 saturated carbocycles. The Morgan fingerprint density at radius 3 is 2.13 bits per heavy atom. The first-order chi connectivity index (χ1) is 14.1. The molecule has 0 aromatic heterocycles. The molecule has 6 atom stereocenters. The molecular formula is C25H32O6. The summed E-state index contributed by atoms with van der Waals surface area (Å²) in [4.78, 5) is 65.3. The van der Waals surface area contributed by atoms with E-state index in [9.17, 15) is 29.1 Å². The van der Waals surface area contributed by atoms with E-state index in [1.807, 2.05) is 27.7 Å². The number of carboxylic acid groups (broad SMARTS) is 1. The van der Waals surface area contributed by atoms with E-state index in [1.165, 1.54) is 0 Å². The summed E-state index contributed by atoms with van der Waals surface area (Å²) in [6.07, 6.45) is 1.09. The second-order valence-electron chi connectivity index (χ2n) is 11.5. The molecule has 0 saturated heterocycles. The Labute approximate surface area is 182 Å². The van der Waals surface area contributed by atoms with Crippen LogP contribution in [-0.4, -0.2) is 34.2 Å². The van der Waals surface area contributed by atoms with Crippen LogP contribution in [0.3, 0.4) is 0 Å². The monoisotopic (exact) mass is 428 g/mol. The Balaban J connectivity index is 1.96. The molecule has 4 aliphatic carbocycles. The minimum Gasteiger partial charge on any atom is -0.481 e. The third-order valence-corrected chi connectivity index (χ3v) is 9.94. The topological polar surface area (TPSA) is 106 Å². The van der Waals surface area contributed by atoms with Crippen LogP contribution in [0.5, 0.6) is 0 Å². The summed E-state index contributed by atoms with van der Waals surface area (Å²) in [5, 5.41) is 9.64. The van der Waals surface area contributed by atoms with E-state index in [0.717, 1.165) is 0 Å². The van der Waals surface area contributed by atoms with Gasteiger partial charge in [-0.3, -0.25) is 24.0 Å². The number of carboxylic acids is 1. The van der Waals surface area contributed by atoms with Crippen molar-refractivity contribution in [2.24, 2.45) is 39.4 Å². The number of hydrogen-bond donors (Lipinski definition) is 1. The highest BCUT2D eigenvalue weighted by Crippen LogP contribution is 2.69. The number of rotatable bonds is 2. The molecule has 0 aromatic rings. The van der Waals surface area contributed by atoms with E-state index in [-0.39, 0.29) is 48.3 Å². The zero-order valence-corrected chi connectivity index (χ0v) is 19.3. The summed E-state index contributed by atoms with van der Waals surface area (Å²) in [6, 6.07) is 0. The van der Waals surface area contributed by atoms with Crippen molar-refractivity contribution < 1.29 is 29.1 Å². The van der Waals surface area contributed by atoms with Crippen LogP contribution in [0.4, 0.5) is 0 Å². The summed E-state index contributed by atoms with van der Waals surface area (Å²) >= 11 is 0. The van der Waals surface area contributed by atoms with Crippen LogP contribution >= 0.6 is 0 Å². The number of carbonyl (C=O) groups is 5. The van der Waals surface area contributed by atoms with Crippen LogP contribution in [0, 0.1) is 39.4 Å². The standard InChI is InChI=1S/C25H32O6/c1-12(21(30)31)13-9-18(29)25(6)20-14(26)10-16-22(2,3)17(28)7-8-23(16,4)19(20)15(27)11-24(13,25)5/h12-13,16H,7-11H2,1-6H3,(H,30,31)/t12-,13+,16-,23-,24+,25-/m0/s1. The van der Waals surface area contributed by atoms with Crippen LogP contribution < -0.4 is 0 Å². The predicted molar refractivity (Wildman–Crippen MR) is 112 cm³/mol. The number of allylic oxidation sites excluding steroid dienone is 2. The maximum atomic E-state index is 13.7. The molecule has 0 amide bonds. The van der Waals surface area contributed by atoms with Crippen LogP contribution in [0.1, 0.15) is 73.6 Å². The van der Waals surface area contributed by atoms with Crippen LogP contribution in [-0.2, 0) is 24.0 Å². The van der Waals surface area contributed by atoms with Crippen molar-refractivity contribution >= 4 is 29.1 Å². The van der Waals surface area contributed by atoms with Gasteiger partial charge in [-0.25, -0.2) is 0 Å². The fraction of sp³-hybridized carbons (Fsp3) is 0.720. The molecule has 168 valence electrons. The summed E-state index contributed by atoms with van der Waals surface area (Å²) in [5.74, 6) is -2.99. The first-order valence-corrected chi connectivity index (χ1v) is 11.2. The number of Topliss-reactive ketones (excluding diaryl/α,β-unsaturated/α-hetero) is 4. The van der Waals surface area contributed by atoms with Gasteiger partial charge >= 0.3 is 5.97 Å². The second-order valence-corrected chi connectivity index (χ2v) is 11.5. The summed E-state index contributed by atoms with van der Waals surface area (Å²) in [5.41, 5.74) is -2.69. The Morgan fingerprint density at radius 1 is 0.935 bits per heavy atom. The van der Waals surface area contributed by atoms with Crippen LogP contribution in [0.25, 0.3) is 0 Å². The lowest BCUT2D eigenvalue weighted by Gasteiger charge is -2.58. The molecule has 0 aliphatic heterocycles. The average Bonchev–Trinajstić information content (AvgIpc) is 2.87. The van der Waals surface area contributed by atoms with Crippen molar-refractivity contribution in [1.82, 2.24) is 0 Å². The van der Waals surface area contributed by atoms with Crippen molar-refractivity contribution in [3.8, 4) is 0 Å². The average molecular weight is 429 g/mol. The molecule has 6 heteroatoms. The fourth-order valence-electron chi connectivity index (χ4n) is 7.71. The Kier molecular flexibility index (Phi) is 4.44. The zero-order valence-electron chi connectivity index (χ0n) is 19.3. The van der Waals surface area contributed by atoms with Crippen molar-refractivity contribution in [3.63, 3.8) is 0 Å². The molecule has 1 N–H and O–H groups in total. The second kappa shape index (κ2) is 6.23. The first kappa shape index (κ1) is 22.1. The largest absolute Gasteiger partial charge is 0.481 e. The SMILES string of the molecule is C[C@H](C(=O)O)[C@H]1CC(=O)[C@@]2(C)C3=C(C(=O)C[C@]12C)[C@@]1(C)CCC(=O)C(C)(C)[C@@H]1CC3=O. The number of hydrogen-bond acceptors (Lipinski definition) is 5. The molecule has 4 aliphatic rings. The highest BCUT2D eigenvalue weighted by molar-refractivity contribution is 6.16. The van der Waals surface area contributed by atoms with Gasteiger partial charge in [0.25, 0.3) is 0 Å². The van der Waals surface area contributed by atoms with Crippen LogP contribution in [0.15, 0.2) is 11.1 Å². The van der Waals surface area contributed by atoms with Gasteiger partial charge in [0.05, 0.1) is 11.3 Å². The third kappa shape index (κ3) is 2.42. The lowest BCUT2D eigenvalue weighted by molar-refractivity contribution is -0.149. The molecule has 0 radical (unpaired) electrons. The van der Waals surface area contributed by atoms with Crippen molar-refractivity contribution in [3.05, 3.63) is 11.1 Å². The maximum Gasteiger partial charge on any atom is 0.306 e. The van der Waals surface area contributed by atoms with E-state index in [0.29, 0.717) is 24.0 Å². The maximum absolute atomic E-state index is 13.7. The zero-order chi connectivity index (χ0) is 23.3. The summed E-state index contributed by atoms with van der Waals surface area (Å²) < 4.78 is 0. The third-order valence-electron chi connectivity index (χ3n) is 9.94. The molecule has 31 heavy (non-hydrogen) atoms. The quantitative estimate of drug-likeness (QED) is 0.721. The molecule has 0 bridgehead atoms. The lowest BCUT2D eigenvalue weighted by atomic mass is 9.43. The molecule has 0 unspecified atom stereocenters. The van der Waals surface area contributed by atoms with E-state index < -0.39 is 39.5 Å². The van der Waals surface area contributed by atoms with Crippen LogP contribution in [0.2, 0.25) is 0 Å². The molecule has 0 spiro atoms. The predicted octanol–water partition coefficient (Wildman–Crippen LogP) is 3.56. The normalized spacial score (nSPS) is 42.8. The van der Waals surface area contributed by atoms with Crippen molar-refractivity contribution in [2.45, 2.75) is 73.6 Å². The number of carbonyl (C=O) groups excluding carboxylic acids is 4. The van der Waals surface area contributed by atoms with E-state index in [4.69, 9.17) is 0 Å². The minimum atomic E-state index is -1.18. The van der Waals surface area contributed by atoms with Gasteiger partial charge in [0.2, 0.25) is 0 Å². The molecule has 2 fully saturated rings. The van der Waals surface area contributed by atoms with Gasteiger partial charge in [-0.1, -0.05) is 34.6 Å². The van der Waals surface area contributed by atoms with E-state index >= 15 is 0 Å². The number of ketones is 4. The first-order valence-electron chi connectivity index (χ1n) is 11.2.